The lowest BCUT2D eigenvalue weighted by Crippen LogP contribution is -2.44. The quantitative estimate of drug-likeness (QED) is 0.868. The number of hydrogen-bond donors (Lipinski definition) is 1. The van der Waals surface area contributed by atoms with E-state index < -0.39 is 12.8 Å². The van der Waals surface area contributed by atoms with Crippen LogP contribution in [0.3, 0.4) is 0 Å². The van der Waals surface area contributed by atoms with E-state index in [0.717, 1.165) is 11.3 Å². The van der Waals surface area contributed by atoms with Gasteiger partial charge in [-0.05, 0) is 29.8 Å². The van der Waals surface area contributed by atoms with E-state index in [-0.39, 0.29) is 11.7 Å². The van der Waals surface area contributed by atoms with Gasteiger partial charge in [-0.2, -0.15) is 8.78 Å². The fourth-order valence-corrected chi connectivity index (χ4v) is 2.81. The van der Waals surface area contributed by atoms with E-state index in [9.17, 15) is 13.6 Å². The van der Waals surface area contributed by atoms with E-state index in [2.05, 4.69) is 10.1 Å². The minimum Gasteiger partial charge on any atom is -0.435 e. The zero-order valence-electron chi connectivity index (χ0n) is 13.6. The van der Waals surface area contributed by atoms with Crippen LogP contribution in [0.15, 0.2) is 48.5 Å². The molecule has 5 nitrogen and oxygen atoms in total. The van der Waals surface area contributed by atoms with E-state index in [1.807, 2.05) is 18.2 Å². The van der Waals surface area contributed by atoms with E-state index in [4.69, 9.17) is 4.74 Å². The number of nitrogens with zero attached hydrogens (tertiary/aromatic N) is 1. The number of benzene rings is 2. The maximum absolute atomic E-state index is 12.8. The van der Waals surface area contributed by atoms with Crippen LogP contribution in [-0.4, -0.2) is 37.7 Å². The van der Waals surface area contributed by atoms with Gasteiger partial charge in [0.2, 0.25) is 0 Å². The lowest BCUT2D eigenvalue weighted by molar-refractivity contribution is -0.0498. The maximum Gasteiger partial charge on any atom is 0.387 e. The Morgan fingerprint density at radius 1 is 1.16 bits per heavy atom. The van der Waals surface area contributed by atoms with Gasteiger partial charge in [0.1, 0.15) is 11.9 Å². The summed E-state index contributed by atoms with van der Waals surface area (Å²) in [7, 11) is 1.57. The smallest absolute Gasteiger partial charge is 0.387 e. The van der Waals surface area contributed by atoms with Crippen LogP contribution in [0.5, 0.6) is 5.75 Å². The van der Waals surface area contributed by atoms with Gasteiger partial charge < -0.3 is 19.7 Å². The second-order valence-corrected chi connectivity index (χ2v) is 5.53. The maximum atomic E-state index is 12.8. The van der Waals surface area contributed by atoms with E-state index in [1.165, 1.54) is 12.1 Å². The molecule has 0 bridgehead atoms. The molecule has 1 atom stereocenters. The number of para-hydroxylation sites is 1. The number of ether oxygens (including phenoxy) is 2. The SMILES string of the molecule is COCCN1C(=O)c2ccccc2N[C@H]1c1ccc(OC(F)F)cc1. The highest BCUT2D eigenvalue weighted by atomic mass is 19.3. The molecule has 2 aromatic carbocycles. The Balaban J connectivity index is 1.90. The number of fused-ring (bicyclic) bond motifs is 1. The molecule has 7 heteroatoms. The molecule has 0 saturated heterocycles. The van der Waals surface area contributed by atoms with Crippen LogP contribution in [0, 0.1) is 0 Å². The minimum atomic E-state index is -2.87. The largest absolute Gasteiger partial charge is 0.435 e. The zero-order valence-corrected chi connectivity index (χ0v) is 13.6. The molecule has 0 aliphatic carbocycles. The van der Waals surface area contributed by atoms with E-state index in [0.29, 0.717) is 18.7 Å². The summed E-state index contributed by atoms with van der Waals surface area (Å²) in [6.45, 7) is -2.08. The first kappa shape index (κ1) is 17.2. The number of nitrogens with one attached hydrogen (secondary N) is 1. The third-order valence-corrected chi connectivity index (χ3v) is 3.98. The Labute approximate surface area is 144 Å². The van der Waals surface area contributed by atoms with Gasteiger partial charge in [-0.3, -0.25) is 4.79 Å². The van der Waals surface area contributed by atoms with Crippen LogP contribution < -0.4 is 10.1 Å². The summed E-state index contributed by atoms with van der Waals surface area (Å²) in [6, 6.07) is 13.5. The van der Waals surface area contributed by atoms with Crippen molar-refractivity contribution in [3.8, 4) is 5.75 Å². The molecule has 0 radical (unpaired) electrons. The fraction of sp³-hybridized carbons (Fsp3) is 0.278. The Morgan fingerprint density at radius 2 is 1.88 bits per heavy atom. The van der Waals surface area contributed by atoms with Gasteiger partial charge in [0, 0.05) is 19.3 Å². The molecule has 132 valence electrons. The first-order valence-corrected chi connectivity index (χ1v) is 7.80. The molecule has 1 aliphatic rings. The normalized spacial score (nSPS) is 16.6. The summed E-state index contributed by atoms with van der Waals surface area (Å²) in [5, 5.41) is 3.32. The molecule has 0 saturated carbocycles. The molecule has 1 aliphatic heterocycles. The third kappa shape index (κ3) is 3.71. The van der Waals surface area contributed by atoms with Crippen LogP contribution in [-0.2, 0) is 4.74 Å². The molecule has 25 heavy (non-hydrogen) atoms. The fourth-order valence-electron chi connectivity index (χ4n) is 2.81. The standard InChI is InChI=1S/C18H18F2N2O3/c1-24-11-10-22-16(12-6-8-13(9-7-12)25-18(19)20)21-15-5-3-2-4-14(15)17(22)23/h2-9,16,18,21H,10-11H2,1H3/t16-/m1/s1. The number of halogens is 2. The predicted octanol–water partition coefficient (Wildman–Crippen LogP) is 3.50. The summed E-state index contributed by atoms with van der Waals surface area (Å²) in [6.07, 6.45) is -0.418. The number of rotatable bonds is 6. The molecule has 1 N–H and O–H groups in total. The molecular formula is C18H18F2N2O3. The topological polar surface area (TPSA) is 50.8 Å². The van der Waals surface area contributed by atoms with Crippen LogP contribution in [0.2, 0.25) is 0 Å². The van der Waals surface area contributed by atoms with Gasteiger partial charge in [0.05, 0.1) is 12.2 Å². The van der Waals surface area contributed by atoms with E-state index >= 15 is 0 Å². The van der Waals surface area contributed by atoms with Crippen LogP contribution in [0.1, 0.15) is 22.1 Å². The average Bonchev–Trinajstić information content (AvgIpc) is 2.61. The number of amides is 1. The molecule has 0 unspecified atom stereocenters. The zero-order chi connectivity index (χ0) is 17.8. The monoisotopic (exact) mass is 348 g/mol. The van der Waals surface area contributed by atoms with Crippen molar-refractivity contribution in [1.82, 2.24) is 4.90 Å². The second-order valence-electron chi connectivity index (χ2n) is 5.53. The first-order valence-electron chi connectivity index (χ1n) is 7.80. The van der Waals surface area contributed by atoms with Gasteiger partial charge in [-0.25, -0.2) is 0 Å². The van der Waals surface area contributed by atoms with Crippen molar-refractivity contribution in [2.45, 2.75) is 12.8 Å². The van der Waals surface area contributed by atoms with Crippen molar-refractivity contribution in [2.75, 3.05) is 25.6 Å². The number of hydrogen-bond acceptors (Lipinski definition) is 4. The highest BCUT2D eigenvalue weighted by Gasteiger charge is 2.32. The van der Waals surface area contributed by atoms with Gasteiger partial charge in [-0.1, -0.05) is 24.3 Å². The summed E-state index contributed by atoms with van der Waals surface area (Å²) in [4.78, 5) is 14.5. The van der Waals surface area contributed by atoms with Crippen molar-refractivity contribution in [1.29, 1.82) is 0 Å². The third-order valence-electron chi connectivity index (χ3n) is 3.98. The van der Waals surface area contributed by atoms with Gasteiger partial charge in [0.25, 0.3) is 5.91 Å². The number of carbonyl (C=O) groups is 1. The van der Waals surface area contributed by atoms with Crippen LogP contribution in [0.4, 0.5) is 14.5 Å². The Hall–Kier alpha value is -2.67. The summed E-state index contributed by atoms with van der Waals surface area (Å²) in [5.41, 5.74) is 2.09. The number of carbonyl (C=O) groups excluding carboxylic acids is 1. The lowest BCUT2D eigenvalue weighted by Gasteiger charge is -2.38. The second kappa shape index (κ2) is 7.48. The first-order chi connectivity index (χ1) is 12.1. The number of anilines is 1. The highest BCUT2D eigenvalue weighted by molar-refractivity contribution is 6.01. The van der Waals surface area contributed by atoms with Crippen molar-refractivity contribution in [3.63, 3.8) is 0 Å². The number of alkyl halides is 2. The highest BCUT2D eigenvalue weighted by Crippen LogP contribution is 2.33. The summed E-state index contributed by atoms with van der Waals surface area (Å²) < 4.78 is 34.1. The van der Waals surface area contributed by atoms with Gasteiger partial charge in [-0.15, -0.1) is 0 Å². The molecule has 1 amide bonds. The van der Waals surface area contributed by atoms with Crippen LogP contribution in [0.25, 0.3) is 0 Å². The molecule has 0 spiro atoms. The Kier molecular flexibility index (Phi) is 5.14. The summed E-state index contributed by atoms with van der Waals surface area (Å²) >= 11 is 0. The van der Waals surface area contributed by atoms with Crippen molar-refractivity contribution in [2.24, 2.45) is 0 Å². The Bertz CT molecular complexity index is 737. The number of methoxy groups -OCH3 is 1. The van der Waals surface area contributed by atoms with Crippen molar-refractivity contribution < 1.29 is 23.0 Å². The Morgan fingerprint density at radius 3 is 2.56 bits per heavy atom. The van der Waals surface area contributed by atoms with Gasteiger partial charge >= 0.3 is 6.61 Å². The molecule has 0 aromatic heterocycles. The molecule has 1 heterocycles. The van der Waals surface area contributed by atoms with Gasteiger partial charge in [0.15, 0.2) is 0 Å². The van der Waals surface area contributed by atoms with Crippen LogP contribution >= 0.6 is 0 Å². The molecular weight excluding hydrogens is 330 g/mol. The molecule has 2 aromatic rings. The van der Waals surface area contributed by atoms with Crippen molar-refractivity contribution in [3.05, 3.63) is 59.7 Å². The molecule has 0 fully saturated rings. The van der Waals surface area contributed by atoms with Crippen molar-refractivity contribution >= 4 is 11.6 Å². The minimum absolute atomic E-state index is 0.0738. The summed E-state index contributed by atoms with van der Waals surface area (Å²) in [5.74, 6) is -0.0333. The van der Waals surface area contributed by atoms with E-state index in [1.54, 1.807) is 30.2 Å². The lowest BCUT2D eigenvalue weighted by atomic mass is 10.0. The predicted molar refractivity (Wildman–Crippen MR) is 88.8 cm³/mol. The molecule has 3 rings (SSSR count). The average molecular weight is 348 g/mol.